The Bertz CT molecular complexity index is 505. The van der Waals surface area contributed by atoms with Gasteiger partial charge in [-0.1, -0.05) is 18.2 Å². The number of carbonyl (C=O) groups excluding carboxylic acids is 1. The fraction of sp³-hybridized carbons (Fsp3) is 0.588. The predicted molar refractivity (Wildman–Crippen MR) is 83.8 cm³/mol. The van der Waals surface area contributed by atoms with Gasteiger partial charge in [-0.05, 0) is 37.4 Å². The van der Waals surface area contributed by atoms with Crippen LogP contribution in [-0.4, -0.2) is 54.8 Å². The van der Waals surface area contributed by atoms with Crippen LogP contribution in [0.1, 0.15) is 18.4 Å². The number of rotatable bonds is 7. The highest BCUT2D eigenvalue weighted by atomic mass is 16.5. The van der Waals surface area contributed by atoms with E-state index < -0.39 is 0 Å². The number of ether oxygens (including phenoxy) is 1. The lowest BCUT2D eigenvalue weighted by Gasteiger charge is -2.20. The molecule has 0 aromatic heterocycles. The summed E-state index contributed by atoms with van der Waals surface area (Å²) in [5, 5.41) is 12.8. The van der Waals surface area contributed by atoms with Gasteiger partial charge in [0.05, 0.1) is 19.2 Å². The Kier molecular flexibility index (Phi) is 4.64. The summed E-state index contributed by atoms with van der Waals surface area (Å²) in [4.78, 5) is 13.8. The Morgan fingerprint density at radius 2 is 2.23 bits per heavy atom. The molecule has 2 unspecified atom stereocenters. The van der Waals surface area contributed by atoms with Crippen LogP contribution >= 0.6 is 0 Å². The highest BCUT2D eigenvalue weighted by molar-refractivity contribution is 5.78. The zero-order chi connectivity index (χ0) is 15.5. The lowest BCUT2D eigenvalue weighted by atomic mass is 10.1. The molecule has 1 aromatic carbocycles. The van der Waals surface area contributed by atoms with Gasteiger partial charge in [-0.3, -0.25) is 9.69 Å². The fourth-order valence-corrected chi connectivity index (χ4v) is 2.91. The van der Waals surface area contributed by atoms with E-state index in [1.807, 2.05) is 30.1 Å². The Morgan fingerprint density at radius 3 is 2.95 bits per heavy atom. The zero-order valence-electron chi connectivity index (χ0n) is 13.0. The van der Waals surface area contributed by atoms with Crippen molar-refractivity contribution in [2.75, 3.05) is 26.7 Å². The van der Waals surface area contributed by atoms with E-state index in [0.29, 0.717) is 25.6 Å². The molecule has 2 atom stereocenters. The monoisotopic (exact) mass is 304 g/mol. The largest absolute Gasteiger partial charge is 0.488 e. The van der Waals surface area contributed by atoms with E-state index in [4.69, 9.17) is 4.74 Å². The lowest BCUT2D eigenvalue weighted by molar-refractivity contribution is -0.122. The fourth-order valence-electron chi connectivity index (χ4n) is 2.91. The molecular formula is C17H24N2O3. The molecule has 0 spiro atoms. The summed E-state index contributed by atoms with van der Waals surface area (Å²) in [7, 11) is 1.87. The average Bonchev–Trinajstić information content (AvgIpc) is 3.24. The minimum Gasteiger partial charge on any atom is -0.488 e. The van der Waals surface area contributed by atoms with E-state index in [1.165, 1.54) is 5.56 Å². The highest BCUT2D eigenvalue weighted by Crippen LogP contribution is 2.32. The molecule has 1 aromatic rings. The van der Waals surface area contributed by atoms with Gasteiger partial charge in [0, 0.05) is 13.0 Å². The normalized spacial score (nSPS) is 21.3. The van der Waals surface area contributed by atoms with E-state index in [0.717, 1.165) is 25.0 Å². The van der Waals surface area contributed by atoms with Crippen LogP contribution in [0.2, 0.25) is 0 Å². The standard InChI is InChI=1S/C17H24N2O3/c1-19(10-15(20)12-6-7-12)11-17(21)18-9-14-8-13-4-2-3-5-16(13)22-14/h2-5,12,14-15,20H,6-11H2,1H3,(H,18,21). The van der Waals surface area contributed by atoms with E-state index in [9.17, 15) is 9.90 Å². The maximum atomic E-state index is 12.0. The number of carbonyl (C=O) groups is 1. The molecule has 0 saturated heterocycles. The summed E-state index contributed by atoms with van der Waals surface area (Å²) in [6.45, 7) is 1.39. The Balaban J connectivity index is 1.36. The van der Waals surface area contributed by atoms with Crippen molar-refractivity contribution in [2.45, 2.75) is 31.5 Å². The van der Waals surface area contributed by atoms with Crippen molar-refractivity contribution in [1.82, 2.24) is 10.2 Å². The van der Waals surface area contributed by atoms with E-state index >= 15 is 0 Å². The van der Waals surface area contributed by atoms with E-state index in [1.54, 1.807) is 0 Å². The Morgan fingerprint density at radius 1 is 1.45 bits per heavy atom. The third kappa shape index (κ3) is 3.99. The number of hydrogen-bond acceptors (Lipinski definition) is 4. The average molecular weight is 304 g/mol. The first kappa shape index (κ1) is 15.3. The third-order valence-electron chi connectivity index (χ3n) is 4.32. The third-order valence-corrected chi connectivity index (χ3v) is 4.32. The number of hydrogen-bond donors (Lipinski definition) is 2. The maximum Gasteiger partial charge on any atom is 0.234 e. The molecule has 5 heteroatoms. The molecule has 1 amide bonds. The van der Waals surface area contributed by atoms with Crippen LogP contribution in [0.15, 0.2) is 24.3 Å². The SMILES string of the molecule is CN(CC(=O)NCC1Cc2ccccc2O1)CC(O)C1CC1. The molecule has 5 nitrogen and oxygen atoms in total. The number of likely N-dealkylation sites (N-methyl/N-ethyl adjacent to an activating group) is 1. The summed E-state index contributed by atoms with van der Waals surface area (Å²) < 4.78 is 5.80. The number of fused-ring (bicyclic) bond motifs is 1. The molecule has 3 rings (SSSR count). The van der Waals surface area contributed by atoms with Gasteiger partial charge >= 0.3 is 0 Å². The summed E-state index contributed by atoms with van der Waals surface area (Å²) >= 11 is 0. The van der Waals surface area contributed by atoms with Crippen molar-refractivity contribution < 1.29 is 14.6 Å². The molecule has 1 fully saturated rings. The predicted octanol–water partition coefficient (Wildman–Crippen LogP) is 0.809. The highest BCUT2D eigenvalue weighted by Gasteiger charge is 2.30. The number of amides is 1. The first-order valence-corrected chi connectivity index (χ1v) is 7.99. The molecule has 0 bridgehead atoms. The molecule has 0 radical (unpaired) electrons. The zero-order valence-corrected chi connectivity index (χ0v) is 13.0. The molecule has 1 heterocycles. The summed E-state index contributed by atoms with van der Waals surface area (Å²) in [5.41, 5.74) is 1.20. The van der Waals surface area contributed by atoms with Crippen molar-refractivity contribution in [3.05, 3.63) is 29.8 Å². The van der Waals surface area contributed by atoms with Gasteiger partial charge in [0.15, 0.2) is 0 Å². The lowest BCUT2D eigenvalue weighted by Crippen LogP contribution is -2.42. The number of aliphatic hydroxyl groups excluding tert-OH is 1. The van der Waals surface area contributed by atoms with E-state index in [-0.39, 0.29) is 18.1 Å². The molecular weight excluding hydrogens is 280 g/mol. The van der Waals surface area contributed by atoms with Crippen LogP contribution in [0.25, 0.3) is 0 Å². The number of aliphatic hydroxyl groups is 1. The Hall–Kier alpha value is -1.59. The van der Waals surface area contributed by atoms with Gasteiger partial charge in [-0.15, -0.1) is 0 Å². The van der Waals surface area contributed by atoms with E-state index in [2.05, 4.69) is 11.4 Å². The molecule has 1 aliphatic heterocycles. The number of para-hydroxylation sites is 1. The van der Waals surface area contributed by atoms with Crippen LogP contribution in [-0.2, 0) is 11.2 Å². The molecule has 2 aliphatic rings. The minimum atomic E-state index is -0.300. The van der Waals surface area contributed by atoms with Crippen LogP contribution in [0, 0.1) is 5.92 Å². The maximum absolute atomic E-state index is 12.0. The molecule has 120 valence electrons. The molecule has 1 aliphatic carbocycles. The number of nitrogens with zero attached hydrogens (tertiary/aromatic N) is 1. The minimum absolute atomic E-state index is 0.0173. The van der Waals surface area contributed by atoms with Gasteiger partial charge < -0.3 is 15.2 Å². The van der Waals surface area contributed by atoms with Crippen molar-refractivity contribution >= 4 is 5.91 Å². The van der Waals surface area contributed by atoms with Crippen molar-refractivity contribution in [1.29, 1.82) is 0 Å². The second kappa shape index (κ2) is 6.67. The smallest absolute Gasteiger partial charge is 0.234 e. The first-order chi connectivity index (χ1) is 10.6. The van der Waals surface area contributed by atoms with Gasteiger partial charge in [-0.2, -0.15) is 0 Å². The number of benzene rings is 1. The van der Waals surface area contributed by atoms with Gasteiger partial charge in [0.2, 0.25) is 5.91 Å². The molecule has 2 N–H and O–H groups in total. The van der Waals surface area contributed by atoms with Crippen LogP contribution in [0.5, 0.6) is 5.75 Å². The number of nitrogens with one attached hydrogen (secondary N) is 1. The van der Waals surface area contributed by atoms with Crippen LogP contribution in [0.4, 0.5) is 0 Å². The van der Waals surface area contributed by atoms with Crippen molar-refractivity contribution in [3.63, 3.8) is 0 Å². The van der Waals surface area contributed by atoms with Crippen LogP contribution < -0.4 is 10.1 Å². The Labute approximate surface area is 131 Å². The van der Waals surface area contributed by atoms with Gasteiger partial charge in [-0.25, -0.2) is 0 Å². The van der Waals surface area contributed by atoms with Gasteiger partial charge in [0.1, 0.15) is 11.9 Å². The second-order valence-electron chi connectivity index (χ2n) is 6.46. The second-order valence-corrected chi connectivity index (χ2v) is 6.46. The summed E-state index contributed by atoms with van der Waals surface area (Å²) in [6, 6.07) is 7.98. The van der Waals surface area contributed by atoms with Gasteiger partial charge in [0.25, 0.3) is 0 Å². The van der Waals surface area contributed by atoms with Crippen molar-refractivity contribution in [3.8, 4) is 5.75 Å². The molecule has 22 heavy (non-hydrogen) atoms. The quantitative estimate of drug-likeness (QED) is 0.782. The summed E-state index contributed by atoms with van der Waals surface area (Å²) in [5.74, 6) is 1.34. The molecule has 1 saturated carbocycles. The summed E-state index contributed by atoms with van der Waals surface area (Å²) in [6.07, 6.45) is 2.78. The topological polar surface area (TPSA) is 61.8 Å². The van der Waals surface area contributed by atoms with Crippen molar-refractivity contribution in [2.24, 2.45) is 5.92 Å². The van der Waals surface area contributed by atoms with Crippen LogP contribution in [0.3, 0.4) is 0 Å². The first-order valence-electron chi connectivity index (χ1n) is 7.99.